The summed E-state index contributed by atoms with van der Waals surface area (Å²) in [6.07, 6.45) is 0.671. The predicted octanol–water partition coefficient (Wildman–Crippen LogP) is 3.72. The number of hydrogen-bond acceptors (Lipinski definition) is 4. The monoisotopic (exact) mass is 283 g/mol. The molecule has 1 aromatic carbocycles. The predicted molar refractivity (Wildman–Crippen MR) is 72.4 cm³/mol. The van der Waals surface area contributed by atoms with Crippen molar-refractivity contribution < 1.29 is 4.74 Å². The van der Waals surface area contributed by atoms with Gasteiger partial charge in [0.2, 0.25) is 5.88 Å². The Morgan fingerprint density at radius 1 is 1.22 bits per heavy atom. The average Bonchev–Trinajstić information content (AvgIpc) is 2.33. The SMILES string of the molecule is CCc1nc(N)cc(Oc2cc(Cl)ccc2Cl)n1. The Morgan fingerprint density at radius 3 is 2.72 bits per heavy atom. The van der Waals surface area contributed by atoms with Gasteiger partial charge in [-0.25, -0.2) is 4.98 Å². The number of nitrogen functional groups attached to an aromatic ring is 1. The van der Waals surface area contributed by atoms with E-state index in [0.717, 1.165) is 0 Å². The minimum Gasteiger partial charge on any atom is -0.437 e. The maximum absolute atomic E-state index is 6.00. The Bertz CT molecular complexity index is 575. The van der Waals surface area contributed by atoms with Crippen LogP contribution in [0.4, 0.5) is 5.82 Å². The number of nitrogens with zero attached hydrogens (tertiary/aromatic N) is 2. The van der Waals surface area contributed by atoms with Gasteiger partial charge in [-0.3, -0.25) is 0 Å². The molecule has 0 amide bonds. The van der Waals surface area contributed by atoms with Crippen LogP contribution < -0.4 is 10.5 Å². The molecule has 1 heterocycles. The summed E-state index contributed by atoms with van der Waals surface area (Å²) in [6.45, 7) is 1.94. The molecule has 0 aliphatic rings. The number of hydrogen-bond donors (Lipinski definition) is 1. The van der Waals surface area contributed by atoms with Gasteiger partial charge >= 0.3 is 0 Å². The van der Waals surface area contributed by atoms with Crippen molar-refractivity contribution in [2.24, 2.45) is 0 Å². The topological polar surface area (TPSA) is 61.0 Å². The van der Waals surface area contributed by atoms with Crippen LogP contribution >= 0.6 is 23.2 Å². The van der Waals surface area contributed by atoms with Gasteiger partial charge in [-0.2, -0.15) is 4.98 Å². The fraction of sp³-hybridized carbons (Fsp3) is 0.167. The van der Waals surface area contributed by atoms with Crippen LogP contribution in [0.25, 0.3) is 0 Å². The van der Waals surface area contributed by atoms with Crippen molar-refractivity contribution in [3.8, 4) is 11.6 Å². The molecule has 0 saturated heterocycles. The minimum absolute atomic E-state index is 0.350. The highest BCUT2D eigenvalue weighted by Gasteiger charge is 2.07. The van der Waals surface area contributed by atoms with Crippen LogP contribution in [0.3, 0.4) is 0 Å². The van der Waals surface area contributed by atoms with Crippen molar-refractivity contribution >= 4 is 29.0 Å². The van der Waals surface area contributed by atoms with Gasteiger partial charge in [0.05, 0.1) is 5.02 Å². The Balaban J connectivity index is 2.33. The number of aryl methyl sites for hydroxylation is 1. The van der Waals surface area contributed by atoms with Gasteiger partial charge in [0.25, 0.3) is 0 Å². The lowest BCUT2D eigenvalue weighted by molar-refractivity contribution is 0.459. The Morgan fingerprint density at radius 2 is 2.00 bits per heavy atom. The van der Waals surface area contributed by atoms with Crippen LogP contribution in [0.5, 0.6) is 11.6 Å². The molecular weight excluding hydrogens is 273 g/mol. The third-order valence-corrected chi connectivity index (χ3v) is 2.74. The molecule has 0 atom stereocenters. The minimum atomic E-state index is 0.350. The molecule has 0 aliphatic heterocycles. The molecule has 0 fully saturated rings. The van der Waals surface area contributed by atoms with Crippen molar-refractivity contribution in [1.82, 2.24) is 9.97 Å². The largest absolute Gasteiger partial charge is 0.437 e. The molecule has 2 rings (SSSR count). The summed E-state index contributed by atoms with van der Waals surface area (Å²) in [5.74, 6) is 1.76. The van der Waals surface area contributed by atoms with E-state index < -0.39 is 0 Å². The zero-order valence-electron chi connectivity index (χ0n) is 9.65. The van der Waals surface area contributed by atoms with Gasteiger partial charge in [-0.15, -0.1) is 0 Å². The molecule has 1 aromatic heterocycles. The molecule has 0 unspecified atom stereocenters. The first-order chi connectivity index (χ1) is 8.58. The number of halogens is 2. The second kappa shape index (κ2) is 5.42. The summed E-state index contributed by atoms with van der Waals surface area (Å²) in [7, 11) is 0. The number of benzene rings is 1. The Kier molecular flexibility index (Phi) is 3.89. The summed E-state index contributed by atoms with van der Waals surface area (Å²) in [6, 6.07) is 6.50. The number of nitrogens with two attached hydrogens (primary N) is 1. The summed E-state index contributed by atoms with van der Waals surface area (Å²) < 4.78 is 5.57. The summed E-state index contributed by atoms with van der Waals surface area (Å²) >= 11 is 11.9. The Labute approximate surface area is 115 Å². The van der Waals surface area contributed by atoms with Crippen molar-refractivity contribution in [2.75, 3.05) is 5.73 Å². The molecule has 6 heteroatoms. The van der Waals surface area contributed by atoms with E-state index in [0.29, 0.717) is 39.7 Å². The van der Waals surface area contributed by atoms with Crippen LogP contribution in [-0.4, -0.2) is 9.97 Å². The number of rotatable bonds is 3. The molecule has 0 bridgehead atoms. The first-order valence-electron chi connectivity index (χ1n) is 5.35. The van der Waals surface area contributed by atoms with Crippen molar-refractivity contribution in [3.63, 3.8) is 0 Å². The van der Waals surface area contributed by atoms with Crippen LogP contribution in [0.15, 0.2) is 24.3 Å². The van der Waals surface area contributed by atoms with Gasteiger partial charge in [0.1, 0.15) is 17.4 Å². The zero-order chi connectivity index (χ0) is 13.1. The molecule has 2 N–H and O–H groups in total. The smallest absolute Gasteiger partial charge is 0.224 e. The van der Waals surface area contributed by atoms with Gasteiger partial charge < -0.3 is 10.5 Å². The fourth-order valence-electron chi connectivity index (χ4n) is 1.37. The summed E-state index contributed by atoms with van der Waals surface area (Å²) in [5.41, 5.74) is 5.67. The second-order valence-corrected chi connectivity index (χ2v) is 4.42. The third kappa shape index (κ3) is 3.03. The van der Waals surface area contributed by atoms with Gasteiger partial charge in [0.15, 0.2) is 0 Å². The molecule has 0 radical (unpaired) electrons. The van der Waals surface area contributed by atoms with Crippen LogP contribution in [0.1, 0.15) is 12.7 Å². The fourth-order valence-corrected chi connectivity index (χ4v) is 1.69. The number of ether oxygens (including phenoxy) is 1. The molecule has 0 spiro atoms. The molecular formula is C12H11Cl2N3O. The van der Waals surface area contributed by atoms with E-state index in [2.05, 4.69) is 9.97 Å². The first-order valence-corrected chi connectivity index (χ1v) is 6.10. The normalized spacial score (nSPS) is 10.4. The van der Waals surface area contributed by atoms with Crippen LogP contribution in [0, 0.1) is 0 Å². The highest BCUT2D eigenvalue weighted by atomic mass is 35.5. The standard InChI is InChI=1S/C12H11Cl2N3O/c1-2-11-16-10(15)6-12(17-11)18-9-5-7(13)3-4-8(9)14/h3-6H,2H2,1H3,(H2,15,16,17). The lowest BCUT2D eigenvalue weighted by Crippen LogP contribution is -2.00. The first kappa shape index (κ1) is 12.9. The lowest BCUT2D eigenvalue weighted by Gasteiger charge is -2.08. The molecule has 2 aromatic rings. The molecule has 4 nitrogen and oxygen atoms in total. The van der Waals surface area contributed by atoms with E-state index in [1.165, 1.54) is 6.07 Å². The van der Waals surface area contributed by atoms with Crippen LogP contribution in [0.2, 0.25) is 10.0 Å². The van der Waals surface area contributed by atoms with E-state index in [1.807, 2.05) is 6.92 Å². The Hall–Kier alpha value is -1.52. The second-order valence-electron chi connectivity index (χ2n) is 3.58. The van der Waals surface area contributed by atoms with E-state index in [9.17, 15) is 0 Å². The quantitative estimate of drug-likeness (QED) is 0.933. The van der Waals surface area contributed by atoms with Gasteiger partial charge in [0, 0.05) is 23.6 Å². The zero-order valence-corrected chi connectivity index (χ0v) is 11.2. The van der Waals surface area contributed by atoms with Crippen LogP contribution in [-0.2, 0) is 6.42 Å². The van der Waals surface area contributed by atoms with E-state index in [4.69, 9.17) is 33.7 Å². The third-order valence-electron chi connectivity index (χ3n) is 2.19. The lowest BCUT2D eigenvalue weighted by atomic mass is 10.3. The number of anilines is 1. The van der Waals surface area contributed by atoms with E-state index >= 15 is 0 Å². The highest BCUT2D eigenvalue weighted by Crippen LogP contribution is 2.31. The highest BCUT2D eigenvalue weighted by molar-refractivity contribution is 6.34. The molecule has 0 aliphatic carbocycles. The molecule has 94 valence electrons. The molecule has 18 heavy (non-hydrogen) atoms. The van der Waals surface area contributed by atoms with E-state index in [-0.39, 0.29) is 0 Å². The number of aromatic nitrogens is 2. The summed E-state index contributed by atoms with van der Waals surface area (Å²) in [5, 5.41) is 0.988. The van der Waals surface area contributed by atoms with Crippen molar-refractivity contribution in [1.29, 1.82) is 0 Å². The summed E-state index contributed by atoms with van der Waals surface area (Å²) in [4.78, 5) is 8.26. The van der Waals surface area contributed by atoms with Gasteiger partial charge in [-0.05, 0) is 12.1 Å². The van der Waals surface area contributed by atoms with Gasteiger partial charge in [-0.1, -0.05) is 30.1 Å². The average molecular weight is 284 g/mol. The maximum atomic E-state index is 6.00. The van der Waals surface area contributed by atoms with E-state index in [1.54, 1.807) is 18.2 Å². The van der Waals surface area contributed by atoms with Crippen molar-refractivity contribution in [2.45, 2.75) is 13.3 Å². The molecule has 0 saturated carbocycles. The van der Waals surface area contributed by atoms with Crippen molar-refractivity contribution in [3.05, 3.63) is 40.1 Å². The maximum Gasteiger partial charge on any atom is 0.224 e.